The van der Waals surface area contributed by atoms with Crippen molar-refractivity contribution < 1.29 is 13.2 Å². The Morgan fingerprint density at radius 2 is 1.95 bits per heavy atom. The van der Waals surface area contributed by atoms with Gasteiger partial charge in [0.1, 0.15) is 22.5 Å². The van der Waals surface area contributed by atoms with Crippen LogP contribution in [0.25, 0.3) is 10.6 Å². The number of aryl methyl sites for hydroxylation is 1. The Morgan fingerprint density at radius 3 is 2.60 bits per heavy atom. The van der Waals surface area contributed by atoms with Crippen molar-refractivity contribution in [3.8, 4) is 10.6 Å². The van der Waals surface area contributed by atoms with Crippen LogP contribution >= 0.6 is 11.3 Å². The zero-order valence-corrected chi connectivity index (χ0v) is 11.7. The molecular formula is C14H13F3N2S. The summed E-state index contributed by atoms with van der Waals surface area (Å²) >= 11 is 1.29. The van der Waals surface area contributed by atoms with E-state index in [1.54, 1.807) is 0 Å². The van der Waals surface area contributed by atoms with E-state index in [0.717, 1.165) is 29.8 Å². The number of nitrogens with zero attached hydrogens (tertiary/aromatic N) is 1. The Kier molecular flexibility index (Phi) is 3.52. The number of nitrogens with one attached hydrogen (secondary N) is 1. The predicted octanol–water partition coefficient (Wildman–Crippen LogP) is 3.82. The largest absolute Gasteiger partial charge is 0.312 e. The van der Waals surface area contributed by atoms with E-state index in [1.807, 2.05) is 7.05 Å². The third kappa shape index (κ3) is 2.23. The quantitative estimate of drug-likeness (QED) is 0.911. The molecule has 0 aliphatic heterocycles. The summed E-state index contributed by atoms with van der Waals surface area (Å²) in [5.74, 6) is -2.73. The molecule has 1 heterocycles. The summed E-state index contributed by atoms with van der Waals surface area (Å²) in [5.41, 5.74) is 0.627. The molecule has 1 aliphatic carbocycles. The standard InChI is InChI=1S/C14H13F3N2S/c1-18-10-3-2-4-11-13(10)19-14(20-11)12-8(16)5-7(15)6-9(12)17/h5-6,10,18H,2-4H2,1H3. The van der Waals surface area contributed by atoms with Gasteiger partial charge in [-0.2, -0.15) is 0 Å². The molecule has 0 bridgehead atoms. The molecule has 0 saturated carbocycles. The Balaban J connectivity index is 2.11. The normalized spacial score (nSPS) is 18.1. The first-order valence-corrected chi connectivity index (χ1v) is 7.23. The number of fused-ring (bicyclic) bond motifs is 1. The molecule has 1 aliphatic rings. The van der Waals surface area contributed by atoms with Crippen LogP contribution in [0.15, 0.2) is 12.1 Å². The molecule has 0 fully saturated rings. The zero-order valence-electron chi connectivity index (χ0n) is 10.8. The molecule has 0 saturated heterocycles. The first kappa shape index (κ1) is 13.6. The summed E-state index contributed by atoms with van der Waals surface area (Å²) in [7, 11) is 1.85. The van der Waals surface area contributed by atoms with Crippen molar-refractivity contribution >= 4 is 11.3 Å². The topological polar surface area (TPSA) is 24.9 Å². The van der Waals surface area contributed by atoms with Gasteiger partial charge in [-0.05, 0) is 26.3 Å². The fourth-order valence-electron chi connectivity index (χ4n) is 2.55. The summed E-state index contributed by atoms with van der Waals surface area (Å²) in [4.78, 5) is 5.43. The van der Waals surface area contributed by atoms with Crippen molar-refractivity contribution in [1.82, 2.24) is 10.3 Å². The van der Waals surface area contributed by atoms with Gasteiger partial charge in [0.2, 0.25) is 0 Å². The number of halogens is 3. The summed E-state index contributed by atoms with van der Waals surface area (Å²) in [6, 6.07) is 1.50. The third-order valence-corrected chi connectivity index (χ3v) is 4.67. The summed E-state index contributed by atoms with van der Waals surface area (Å²) in [6.45, 7) is 0. The van der Waals surface area contributed by atoms with E-state index < -0.39 is 17.5 Å². The van der Waals surface area contributed by atoms with Crippen LogP contribution in [-0.2, 0) is 6.42 Å². The smallest absolute Gasteiger partial charge is 0.139 e. The van der Waals surface area contributed by atoms with Crippen molar-refractivity contribution in [2.24, 2.45) is 0 Å². The number of hydrogen-bond donors (Lipinski definition) is 1. The SMILES string of the molecule is CNC1CCCc2sc(-c3c(F)cc(F)cc3F)nc21. The zero-order chi connectivity index (χ0) is 14.3. The van der Waals surface area contributed by atoms with Gasteiger partial charge in [-0.1, -0.05) is 0 Å². The van der Waals surface area contributed by atoms with Crippen LogP contribution < -0.4 is 5.32 Å². The molecule has 0 spiro atoms. The van der Waals surface area contributed by atoms with Crippen LogP contribution in [0.2, 0.25) is 0 Å². The average Bonchev–Trinajstić information content (AvgIpc) is 2.80. The predicted molar refractivity (Wildman–Crippen MR) is 72.2 cm³/mol. The van der Waals surface area contributed by atoms with E-state index in [2.05, 4.69) is 10.3 Å². The molecule has 1 aromatic carbocycles. The van der Waals surface area contributed by atoms with Gasteiger partial charge in [0.05, 0.1) is 17.3 Å². The molecule has 2 aromatic rings. The molecule has 1 N–H and O–H groups in total. The van der Waals surface area contributed by atoms with Crippen molar-refractivity contribution in [2.45, 2.75) is 25.3 Å². The lowest BCUT2D eigenvalue weighted by molar-refractivity contribution is 0.490. The Morgan fingerprint density at radius 1 is 1.25 bits per heavy atom. The lowest BCUT2D eigenvalue weighted by Gasteiger charge is -2.19. The maximum absolute atomic E-state index is 13.8. The molecule has 3 rings (SSSR count). The molecule has 106 valence electrons. The fourth-order valence-corrected chi connectivity index (χ4v) is 3.77. The number of rotatable bonds is 2. The Hall–Kier alpha value is -1.40. The molecule has 1 unspecified atom stereocenters. The van der Waals surface area contributed by atoms with Gasteiger partial charge in [0, 0.05) is 17.0 Å². The van der Waals surface area contributed by atoms with Crippen LogP contribution in [0.5, 0.6) is 0 Å². The highest BCUT2D eigenvalue weighted by Crippen LogP contribution is 2.38. The summed E-state index contributed by atoms with van der Waals surface area (Å²) in [5, 5.41) is 3.44. The first-order valence-electron chi connectivity index (χ1n) is 6.42. The van der Waals surface area contributed by atoms with E-state index in [9.17, 15) is 13.2 Å². The second-order valence-corrected chi connectivity index (χ2v) is 5.89. The molecule has 2 nitrogen and oxygen atoms in total. The molecule has 0 radical (unpaired) electrons. The lowest BCUT2D eigenvalue weighted by atomic mass is 9.98. The molecule has 20 heavy (non-hydrogen) atoms. The second-order valence-electron chi connectivity index (χ2n) is 4.81. The van der Waals surface area contributed by atoms with E-state index in [1.165, 1.54) is 11.3 Å². The van der Waals surface area contributed by atoms with E-state index in [4.69, 9.17) is 0 Å². The third-order valence-electron chi connectivity index (χ3n) is 3.52. The van der Waals surface area contributed by atoms with Crippen LogP contribution in [0.3, 0.4) is 0 Å². The minimum absolute atomic E-state index is 0.121. The van der Waals surface area contributed by atoms with Crippen molar-refractivity contribution in [3.63, 3.8) is 0 Å². The highest BCUT2D eigenvalue weighted by molar-refractivity contribution is 7.15. The van der Waals surface area contributed by atoms with Crippen LogP contribution in [0.4, 0.5) is 13.2 Å². The summed E-state index contributed by atoms with van der Waals surface area (Å²) in [6.07, 6.45) is 2.85. The molecular weight excluding hydrogens is 285 g/mol. The van der Waals surface area contributed by atoms with E-state index >= 15 is 0 Å². The first-order chi connectivity index (χ1) is 9.60. The van der Waals surface area contributed by atoms with E-state index in [-0.39, 0.29) is 16.6 Å². The van der Waals surface area contributed by atoms with Crippen molar-refractivity contribution in [2.75, 3.05) is 7.05 Å². The maximum atomic E-state index is 13.8. The molecule has 1 atom stereocenters. The average molecular weight is 298 g/mol. The van der Waals surface area contributed by atoms with Gasteiger partial charge in [0.25, 0.3) is 0 Å². The summed E-state index contributed by atoms with van der Waals surface area (Å²) < 4.78 is 40.6. The maximum Gasteiger partial charge on any atom is 0.139 e. The Bertz CT molecular complexity index is 631. The van der Waals surface area contributed by atoms with Gasteiger partial charge in [-0.3, -0.25) is 0 Å². The number of hydrogen-bond acceptors (Lipinski definition) is 3. The molecule has 1 aromatic heterocycles. The van der Waals surface area contributed by atoms with Gasteiger partial charge >= 0.3 is 0 Å². The highest BCUT2D eigenvalue weighted by atomic mass is 32.1. The van der Waals surface area contributed by atoms with Crippen LogP contribution in [-0.4, -0.2) is 12.0 Å². The highest BCUT2D eigenvalue weighted by Gasteiger charge is 2.26. The number of thiazole rings is 1. The minimum atomic E-state index is -0.918. The fraction of sp³-hybridized carbons (Fsp3) is 0.357. The Labute approximate surface area is 118 Å². The van der Waals surface area contributed by atoms with Crippen molar-refractivity contribution in [1.29, 1.82) is 0 Å². The van der Waals surface area contributed by atoms with Gasteiger partial charge in [0.15, 0.2) is 0 Å². The van der Waals surface area contributed by atoms with E-state index in [0.29, 0.717) is 12.1 Å². The minimum Gasteiger partial charge on any atom is -0.312 e. The van der Waals surface area contributed by atoms with Gasteiger partial charge < -0.3 is 5.32 Å². The van der Waals surface area contributed by atoms with Gasteiger partial charge in [-0.25, -0.2) is 18.2 Å². The van der Waals surface area contributed by atoms with Crippen molar-refractivity contribution in [3.05, 3.63) is 40.2 Å². The molecule has 0 amide bonds. The second kappa shape index (κ2) is 5.18. The molecule has 6 heteroatoms. The van der Waals surface area contributed by atoms with Crippen LogP contribution in [0.1, 0.15) is 29.5 Å². The lowest BCUT2D eigenvalue weighted by Crippen LogP contribution is -2.21. The number of aromatic nitrogens is 1. The number of benzene rings is 1. The van der Waals surface area contributed by atoms with Gasteiger partial charge in [-0.15, -0.1) is 11.3 Å². The van der Waals surface area contributed by atoms with Crippen LogP contribution in [0, 0.1) is 17.5 Å². The monoisotopic (exact) mass is 298 g/mol.